The first-order chi connectivity index (χ1) is 16.6. The van der Waals surface area contributed by atoms with Crippen LogP contribution in [0.3, 0.4) is 0 Å². The van der Waals surface area contributed by atoms with Crippen molar-refractivity contribution in [2.75, 3.05) is 0 Å². The summed E-state index contributed by atoms with van der Waals surface area (Å²) in [6.07, 6.45) is 2.05. The van der Waals surface area contributed by atoms with Gasteiger partial charge in [0.1, 0.15) is 17.5 Å². The average molecular weight is 453 g/mol. The molecule has 0 amide bonds. The average Bonchev–Trinajstić information content (AvgIpc) is 3.42. The Kier molecular flexibility index (Phi) is 4.74. The van der Waals surface area contributed by atoms with E-state index in [1.807, 2.05) is 36.4 Å². The van der Waals surface area contributed by atoms with Gasteiger partial charge in [-0.25, -0.2) is 14.1 Å². The number of hydrogen-bond acceptors (Lipinski definition) is 4. The van der Waals surface area contributed by atoms with Gasteiger partial charge in [-0.15, -0.1) is 0 Å². The number of aliphatic hydroxyl groups is 1. The molecule has 0 fully saturated rings. The van der Waals surface area contributed by atoms with Crippen LogP contribution >= 0.6 is 0 Å². The Morgan fingerprint density at radius 3 is 2.18 bits per heavy atom. The second kappa shape index (κ2) is 7.93. The maximum absolute atomic E-state index is 13.3. The van der Waals surface area contributed by atoms with E-state index in [1.54, 1.807) is 12.1 Å². The number of aliphatic hydroxyl groups excluding tert-OH is 1. The van der Waals surface area contributed by atoms with E-state index in [-0.39, 0.29) is 17.9 Å². The first kappa shape index (κ1) is 20.3. The summed E-state index contributed by atoms with van der Waals surface area (Å²) in [5.41, 5.74) is 2.75. The third-order valence-corrected chi connectivity index (χ3v) is 6.11. The van der Waals surface area contributed by atoms with E-state index in [9.17, 15) is 14.3 Å². The Bertz CT molecular complexity index is 1660. The molecule has 0 saturated heterocycles. The molecule has 3 aromatic heterocycles. The zero-order valence-corrected chi connectivity index (χ0v) is 18.0. The summed E-state index contributed by atoms with van der Waals surface area (Å²) in [5, 5.41) is 17.8. The Balaban J connectivity index is 1.32. The minimum Gasteiger partial charge on any atom is -0.389 e. The highest BCUT2D eigenvalue weighted by molar-refractivity contribution is 6.07. The van der Waals surface area contributed by atoms with Crippen LogP contribution in [-0.2, 0) is 13.1 Å². The van der Waals surface area contributed by atoms with Gasteiger partial charge in [0.05, 0.1) is 31.1 Å². The fraction of sp³-hybridized carbons (Fsp3) is 0.115. The van der Waals surface area contributed by atoms with Crippen LogP contribution in [0, 0.1) is 5.82 Å². The van der Waals surface area contributed by atoms with Crippen molar-refractivity contribution in [1.82, 2.24) is 23.9 Å². The molecule has 168 valence electrons. The van der Waals surface area contributed by atoms with Crippen molar-refractivity contribution in [2.45, 2.75) is 19.2 Å². The number of hydrogen-bond donors (Lipinski definition) is 1. The summed E-state index contributed by atoms with van der Waals surface area (Å²) in [5.74, 6) is -0.354. The first-order valence-corrected chi connectivity index (χ1v) is 10.9. The minimum atomic E-state index is -0.816. The summed E-state index contributed by atoms with van der Waals surface area (Å²) in [4.78, 5) is 17.5. The van der Waals surface area contributed by atoms with Crippen molar-refractivity contribution < 1.29 is 9.50 Å². The molecular formula is C26H20FN5O2. The largest absolute Gasteiger partial charge is 0.389 e. The molecule has 0 unspecified atom stereocenters. The van der Waals surface area contributed by atoms with Crippen molar-refractivity contribution in [2.24, 2.45) is 0 Å². The summed E-state index contributed by atoms with van der Waals surface area (Å²) >= 11 is 0. The molecule has 6 aromatic rings. The van der Waals surface area contributed by atoms with E-state index in [0.29, 0.717) is 23.3 Å². The molecule has 3 aromatic carbocycles. The molecule has 1 atom stereocenters. The lowest BCUT2D eigenvalue weighted by molar-refractivity contribution is 0.135. The van der Waals surface area contributed by atoms with Crippen LogP contribution in [0.15, 0.2) is 90.1 Å². The number of fused-ring (bicyclic) bond motifs is 4. The molecule has 1 N–H and O–H groups in total. The Labute approximate surface area is 192 Å². The molecule has 7 nitrogen and oxygen atoms in total. The quantitative estimate of drug-likeness (QED) is 0.430. The lowest BCUT2D eigenvalue weighted by atomic mass is 10.2. The van der Waals surface area contributed by atoms with Crippen LogP contribution in [0.1, 0.15) is 0 Å². The van der Waals surface area contributed by atoms with Gasteiger partial charge in [-0.2, -0.15) is 5.10 Å². The van der Waals surface area contributed by atoms with Gasteiger partial charge in [0, 0.05) is 21.8 Å². The number of nitrogens with zero attached hydrogens (tertiary/aromatic N) is 5. The number of benzene rings is 3. The Morgan fingerprint density at radius 2 is 1.50 bits per heavy atom. The molecule has 34 heavy (non-hydrogen) atoms. The number of rotatable bonds is 5. The van der Waals surface area contributed by atoms with Crippen molar-refractivity contribution in [3.8, 4) is 5.69 Å². The molecule has 0 saturated carbocycles. The lowest BCUT2D eigenvalue weighted by Gasteiger charge is -2.15. The molecule has 8 heteroatoms. The monoisotopic (exact) mass is 453 g/mol. The molecular weight excluding hydrogens is 433 g/mol. The van der Waals surface area contributed by atoms with Crippen molar-refractivity contribution in [1.29, 1.82) is 0 Å². The third-order valence-electron chi connectivity index (χ3n) is 6.11. The van der Waals surface area contributed by atoms with Gasteiger partial charge < -0.3 is 9.67 Å². The molecule has 0 spiro atoms. The molecule has 0 radical (unpaired) electrons. The third kappa shape index (κ3) is 3.27. The molecule has 0 aliphatic rings. The van der Waals surface area contributed by atoms with Gasteiger partial charge in [-0.3, -0.25) is 9.36 Å². The number of halogens is 1. The second-order valence-electron chi connectivity index (χ2n) is 8.27. The SMILES string of the molecule is O=c1c2cnn(-c3ccc(F)cc3)c2ncn1C[C@@H](O)Cn1c2ccccc2c2ccccc21. The smallest absolute Gasteiger partial charge is 0.264 e. The fourth-order valence-corrected chi connectivity index (χ4v) is 4.55. The van der Waals surface area contributed by atoms with Crippen LogP contribution in [0.5, 0.6) is 0 Å². The molecule has 0 aliphatic carbocycles. The number of aromatic nitrogens is 5. The van der Waals surface area contributed by atoms with Gasteiger partial charge >= 0.3 is 0 Å². The Morgan fingerprint density at radius 1 is 0.853 bits per heavy atom. The predicted octanol–water partition coefficient (Wildman–Crippen LogP) is 3.89. The zero-order valence-electron chi connectivity index (χ0n) is 18.0. The highest BCUT2D eigenvalue weighted by atomic mass is 19.1. The molecule has 3 heterocycles. The van der Waals surface area contributed by atoms with E-state index in [4.69, 9.17) is 0 Å². The van der Waals surface area contributed by atoms with E-state index >= 15 is 0 Å². The topological polar surface area (TPSA) is 77.9 Å². The fourth-order valence-electron chi connectivity index (χ4n) is 4.55. The van der Waals surface area contributed by atoms with Gasteiger partial charge in [0.15, 0.2) is 5.65 Å². The summed E-state index contributed by atoms with van der Waals surface area (Å²) < 4.78 is 18.2. The van der Waals surface area contributed by atoms with E-state index in [2.05, 4.69) is 26.8 Å². The summed E-state index contributed by atoms with van der Waals surface area (Å²) in [6.45, 7) is 0.414. The minimum absolute atomic E-state index is 0.0876. The van der Waals surface area contributed by atoms with Crippen molar-refractivity contribution >= 4 is 32.8 Å². The summed E-state index contributed by atoms with van der Waals surface area (Å²) in [6, 6.07) is 22.0. The van der Waals surface area contributed by atoms with Crippen LogP contribution < -0.4 is 5.56 Å². The van der Waals surface area contributed by atoms with E-state index < -0.39 is 6.10 Å². The maximum Gasteiger partial charge on any atom is 0.264 e. The molecule has 6 rings (SSSR count). The van der Waals surface area contributed by atoms with Crippen LogP contribution in [0.2, 0.25) is 0 Å². The predicted molar refractivity (Wildman–Crippen MR) is 129 cm³/mol. The lowest BCUT2D eigenvalue weighted by Crippen LogP contribution is -2.29. The van der Waals surface area contributed by atoms with E-state index in [0.717, 1.165) is 21.8 Å². The Hall–Kier alpha value is -4.30. The van der Waals surface area contributed by atoms with Crippen LogP contribution in [0.4, 0.5) is 4.39 Å². The van der Waals surface area contributed by atoms with Crippen LogP contribution in [-0.4, -0.2) is 35.1 Å². The maximum atomic E-state index is 13.3. The van der Waals surface area contributed by atoms with Crippen molar-refractivity contribution in [3.05, 3.63) is 101 Å². The van der Waals surface area contributed by atoms with Gasteiger partial charge in [0.2, 0.25) is 0 Å². The zero-order chi connectivity index (χ0) is 23.2. The molecule has 0 bridgehead atoms. The van der Waals surface area contributed by atoms with E-state index in [1.165, 1.54) is 33.9 Å². The molecule has 0 aliphatic heterocycles. The first-order valence-electron chi connectivity index (χ1n) is 10.9. The van der Waals surface area contributed by atoms with Gasteiger partial charge in [0.25, 0.3) is 5.56 Å². The normalized spacial score (nSPS) is 12.6. The van der Waals surface area contributed by atoms with Gasteiger partial charge in [-0.05, 0) is 36.4 Å². The standard InChI is InChI=1S/C26H20FN5O2/c27-17-9-11-18(12-10-17)32-25-22(13-29-32)26(34)30(16-28-25)14-19(33)15-31-23-7-3-1-5-20(23)21-6-2-4-8-24(21)31/h1-13,16,19,33H,14-15H2/t19-/m1/s1. The highest BCUT2D eigenvalue weighted by Crippen LogP contribution is 2.29. The highest BCUT2D eigenvalue weighted by Gasteiger charge is 2.16. The van der Waals surface area contributed by atoms with Gasteiger partial charge in [-0.1, -0.05) is 36.4 Å². The van der Waals surface area contributed by atoms with Crippen LogP contribution in [0.25, 0.3) is 38.5 Å². The summed E-state index contributed by atoms with van der Waals surface area (Å²) in [7, 11) is 0. The van der Waals surface area contributed by atoms with Crippen molar-refractivity contribution in [3.63, 3.8) is 0 Å². The second-order valence-corrected chi connectivity index (χ2v) is 8.27. The number of para-hydroxylation sites is 2.